The van der Waals surface area contributed by atoms with E-state index >= 15 is 0 Å². The Balaban J connectivity index is 1.92. The third kappa shape index (κ3) is 4.08. The van der Waals surface area contributed by atoms with Gasteiger partial charge in [-0.05, 0) is 58.4 Å². The Morgan fingerprint density at radius 1 is 1.35 bits per heavy atom. The van der Waals surface area contributed by atoms with Crippen LogP contribution in [-0.2, 0) is 4.74 Å². The van der Waals surface area contributed by atoms with Crippen LogP contribution in [-0.4, -0.2) is 48.9 Å². The lowest BCUT2D eigenvalue weighted by molar-refractivity contribution is 0.00601. The number of hydrogen-bond acceptors (Lipinski definition) is 3. The van der Waals surface area contributed by atoms with Crippen LogP contribution in [0, 0.1) is 11.8 Å². The highest BCUT2D eigenvalue weighted by molar-refractivity contribution is 5.68. The van der Waals surface area contributed by atoms with E-state index in [1.807, 2.05) is 20.8 Å². The monoisotopic (exact) mass is 286 g/mol. The summed E-state index contributed by atoms with van der Waals surface area (Å²) in [6, 6.07) is 0. The number of hydrogen-bond donors (Lipinski definition) is 1. The minimum Gasteiger partial charge on any atom is -0.444 e. The number of carbonyl (C=O) groups excluding carboxylic acids is 1. The van der Waals surface area contributed by atoms with Crippen molar-refractivity contribution in [3.05, 3.63) is 0 Å². The van der Waals surface area contributed by atoms with Gasteiger partial charge in [-0.1, -0.05) is 0 Å². The summed E-state index contributed by atoms with van der Waals surface area (Å²) in [7, 11) is 0. The lowest BCUT2D eigenvalue weighted by atomic mass is 9.79. The molecule has 3 atom stereocenters. The summed E-state index contributed by atoms with van der Waals surface area (Å²) in [5.74, 6) is 0.356. The van der Waals surface area contributed by atoms with Crippen molar-refractivity contribution in [1.82, 2.24) is 10.2 Å². The first-order chi connectivity index (χ1) is 9.37. The molecular weight excluding hydrogens is 259 g/mol. The molecular formula is C15H27FN2O2. The summed E-state index contributed by atoms with van der Waals surface area (Å²) in [6.07, 6.45) is 1.79. The van der Waals surface area contributed by atoms with Gasteiger partial charge in [-0.25, -0.2) is 9.18 Å². The summed E-state index contributed by atoms with van der Waals surface area (Å²) in [5.41, 5.74) is -0.471. The van der Waals surface area contributed by atoms with E-state index in [2.05, 4.69) is 5.32 Å². The van der Waals surface area contributed by atoms with Crippen LogP contribution in [0.4, 0.5) is 9.18 Å². The van der Waals surface area contributed by atoms with E-state index in [4.69, 9.17) is 4.74 Å². The van der Waals surface area contributed by atoms with Gasteiger partial charge in [-0.2, -0.15) is 0 Å². The molecule has 0 aromatic heterocycles. The summed E-state index contributed by atoms with van der Waals surface area (Å²) in [6.45, 7) is 8.32. The third-order valence-electron chi connectivity index (χ3n) is 4.17. The molecule has 2 aliphatic rings. The second kappa shape index (κ2) is 6.29. The van der Waals surface area contributed by atoms with E-state index < -0.39 is 11.8 Å². The van der Waals surface area contributed by atoms with Crippen molar-refractivity contribution in [3.63, 3.8) is 0 Å². The molecule has 2 fully saturated rings. The Hall–Kier alpha value is -0.840. The topological polar surface area (TPSA) is 41.6 Å². The normalized spacial score (nSPS) is 32.0. The van der Waals surface area contributed by atoms with Crippen molar-refractivity contribution >= 4 is 6.09 Å². The first-order valence-corrected chi connectivity index (χ1v) is 7.69. The summed E-state index contributed by atoms with van der Waals surface area (Å²) in [4.78, 5) is 13.9. The highest BCUT2D eigenvalue weighted by atomic mass is 19.1. The van der Waals surface area contributed by atoms with Gasteiger partial charge in [0.1, 0.15) is 11.8 Å². The molecule has 2 rings (SSSR count). The lowest BCUT2D eigenvalue weighted by Gasteiger charge is -2.40. The zero-order valence-corrected chi connectivity index (χ0v) is 12.8. The molecule has 2 heterocycles. The zero-order valence-electron chi connectivity index (χ0n) is 12.8. The lowest BCUT2D eigenvalue weighted by Crippen LogP contribution is -2.49. The predicted molar refractivity (Wildman–Crippen MR) is 76.4 cm³/mol. The molecule has 116 valence electrons. The molecule has 2 aliphatic heterocycles. The first-order valence-electron chi connectivity index (χ1n) is 7.69. The Morgan fingerprint density at radius 2 is 2.10 bits per heavy atom. The largest absolute Gasteiger partial charge is 0.444 e. The molecule has 0 aromatic carbocycles. The smallest absolute Gasteiger partial charge is 0.410 e. The molecule has 3 unspecified atom stereocenters. The maximum atomic E-state index is 14.0. The fraction of sp³-hybridized carbons (Fsp3) is 0.933. The second-order valence-corrected chi connectivity index (χ2v) is 7.00. The molecule has 20 heavy (non-hydrogen) atoms. The van der Waals surface area contributed by atoms with Crippen LogP contribution in [0.15, 0.2) is 0 Å². The Bertz CT molecular complexity index is 343. The molecule has 0 aliphatic carbocycles. The SMILES string of the molecule is CC(C)(C)OC(=O)N1CCCC(C2CCNCC2F)C1. The number of nitrogens with zero attached hydrogens (tertiary/aromatic N) is 1. The van der Waals surface area contributed by atoms with Crippen LogP contribution < -0.4 is 5.32 Å². The predicted octanol–water partition coefficient (Wildman–Crippen LogP) is 2.58. The van der Waals surface area contributed by atoms with Gasteiger partial charge in [-0.3, -0.25) is 0 Å². The third-order valence-corrected chi connectivity index (χ3v) is 4.17. The molecule has 5 heteroatoms. The van der Waals surface area contributed by atoms with Crippen LogP contribution in [0.1, 0.15) is 40.0 Å². The average Bonchev–Trinajstić information content (AvgIpc) is 2.37. The summed E-state index contributed by atoms with van der Waals surface area (Å²) < 4.78 is 19.5. The van der Waals surface area contributed by atoms with Gasteiger partial charge in [0.2, 0.25) is 0 Å². The van der Waals surface area contributed by atoms with Gasteiger partial charge in [0.25, 0.3) is 0 Å². The van der Waals surface area contributed by atoms with Crippen molar-refractivity contribution < 1.29 is 13.9 Å². The molecule has 0 radical (unpaired) electrons. The Kier molecular flexibility index (Phi) is 4.89. The maximum absolute atomic E-state index is 14.0. The number of carbonyl (C=O) groups is 1. The standard InChI is InChI=1S/C15H27FN2O2/c1-15(2,3)20-14(19)18-8-4-5-11(10-18)12-6-7-17-9-13(12)16/h11-13,17H,4-10H2,1-3H3. The number of halogens is 1. The van der Waals surface area contributed by atoms with Crippen molar-refractivity contribution in [2.24, 2.45) is 11.8 Å². The average molecular weight is 286 g/mol. The van der Waals surface area contributed by atoms with Gasteiger partial charge in [-0.15, -0.1) is 0 Å². The maximum Gasteiger partial charge on any atom is 0.410 e. The van der Waals surface area contributed by atoms with Crippen LogP contribution in [0.2, 0.25) is 0 Å². The van der Waals surface area contributed by atoms with E-state index in [9.17, 15) is 9.18 Å². The molecule has 2 saturated heterocycles. The molecule has 0 spiro atoms. The fourth-order valence-electron chi connectivity index (χ4n) is 3.22. The summed E-state index contributed by atoms with van der Waals surface area (Å²) in [5, 5.41) is 3.09. The first kappa shape index (κ1) is 15.5. The number of alkyl halides is 1. The Morgan fingerprint density at radius 3 is 2.75 bits per heavy atom. The van der Waals surface area contributed by atoms with Gasteiger partial charge in [0.05, 0.1) is 0 Å². The molecule has 0 aromatic rings. The minimum atomic E-state index is -0.785. The van der Waals surface area contributed by atoms with Gasteiger partial charge >= 0.3 is 6.09 Å². The van der Waals surface area contributed by atoms with E-state index in [0.717, 1.165) is 32.4 Å². The number of likely N-dealkylation sites (tertiary alicyclic amines) is 1. The summed E-state index contributed by atoms with van der Waals surface area (Å²) >= 11 is 0. The highest BCUT2D eigenvalue weighted by Crippen LogP contribution is 2.32. The molecule has 1 amide bonds. The molecule has 4 nitrogen and oxygen atoms in total. The number of piperidine rings is 2. The molecule has 0 bridgehead atoms. The van der Waals surface area contributed by atoms with E-state index in [0.29, 0.717) is 13.1 Å². The van der Waals surface area contributed by atoms with Crippen LogP contribution in [0.25, 0.3) is 0 Å². The van der Waals surface area contributed by atoms with E-state index in [1.165, 1.54) is 0 Å². The highest BCUT2D eigenvalue weighted by Gasteiger charge is 2.36. The quantitative estimate of drug-likeness (QED) is 0.805. The van der Waals surface area contributed by atoms with Crippen molar-refractivity contribution in [2.45, 2.75) is 51.8 Å². The van der Waals surface area contributed by atoms with Crippen LogP contribution >= 0.6 is 0 Å². The fourth-order valence-corrected chi connectivity index (χ4v) is 3.22. The minimum absolute atomic E-state index is 0.0847. The number of ether oxygens (including phenoxy) is 1. The van der Waals surface area contributed by atoms with Gasteiger partial charge < -0.3 is 15.0 Å². The van der Waals surface area contributed by atoms with Crippen molar-refractivity contribution in [1.29, 1.82) is 0 Å². The van der Waals surface area contributed by atoms with Crippen LogP contribution in [0.5, 0.6) is 0 Å². The van der Waals surface area contributed by atoms with E-state index in [1.54, 1.807) is 4.90 Å². The van der Waals surface area contributed by atoms with E-state index in [-0.39, 0.29) is 17.9 Å². The zero-order chi connectivity index (χ0) is 14.8. The van der Waals surface area contributed by atoms with Crippen molar-refractivity contribution in [2.75, 3.05) is 26.2 Å². The van der Waals surface area contributed by atoms with Crippen LogP contribution in [0.3, 0.4) is 0 Å². The molecule has 1 N–H and O–H groups in total. The Labute approximate surface area is 121 Å². The van der Waals surface area contributed by atoms with Gasteiger partial charge in [0.15, 0.2) is 0 Å². The number of nitrogens with one attached hydrogen (secondary N) is 1. The van der Waals surface area contributed by atoms with Gasteiger partial charge in [0, 0.05) is 19.6 Å². The molecule has 0 saturated carbocycles. The second-order valence-electron chi connectivity index (χ2n) is 7.00. The number of amides is 1. The number of rotatable bonds is 1. The van der Waals surface area contributed by atoms with Crippen molar-refractivity contribution in [3.8, 4) is 0 Å².